The number of amides is 1. The molecule has 0 saturated carbocycles. The van der Waals surface area contributed by atoms with Crippen molar-refractivity contribution in [1.29, 1.82) is 0 Å². The van der Waals surface area contributed by atoms with E-state index < -0.39 is 6.10 Å². The summed E-state index contributed by atoms with van der Waals surface area (Å²) in [5, 5.41) is 3.28. The van der Waals surface area contributed by atoms with Gasteiger partial charge in [-0.15, -0.1) is 11.3 Å². The third kappa shape index (κ3) is 5.59. The second-order valence-electron chi connectivity index (χ2n) is 7.93. The molecule has 0 spiro atoms. The number of thiazole rings is 1. The highest BCUT2D eigenvalue weighted by atomic mass is 32.1. The van der Waals surface area contributed by atoms with Crippen LogP contribution in [0.2, 0.25) is 0 Å². The van der Waals surface area contributed by atoms with E-state index in [-0.39, 0.29) is 5.91 Å². The Morgan fingerprint density at radius 1 is 1.07 bits per heavy atom. The minimum absolute atomic E-state index is 0.0607. The van der Waals surface area contributed by atoms with Crippen LogP contribution in [0.25, 0.3) is 11.3 Å². The number of nitrogens with zero attached hydrogens (tertiary/aromatic N) is 2. The fourth-order valence-corrected chi connectivity index (χ4v) is 4.71. The standard InChI is InChI=1S/C24H34N2O2S/c1-4-6-7-8-9-10-11-15-26-21-16-19(20-17-29-23(25-20)12-5-2)13-14-22(21)28-18(3)24(26)27/h13-14,16-18H,4-12,15H2,1-3H3. The predicted molar refractivity (Wildman–Crippen MR) is 122 cm³/mol. The van der Waals surface area contributed by atoms with Gasteiger partial charge in [0, 0.05) is 17.5 Å². The third-order valence-corrected chi connectivity index (χ3v) is 6.37. The molecule has 29 heavy (non-hydrogen) atoms. The van der Waals surface area contributed by atoms with E-state index in [4.69, 9.17) is 9.72 Å². The van der Waals surface area contributed by atoms with Crippen LogP contribution < -0.4 is 9.64 Å². The fourth-order valence-electron chi connectivity index (χ4n) is 3.80. The maximum atomic E-state index is 12.8. The Kier molecular flexibility index (Phi) is 8.10. The molecule has 5 heteroatoms. The Balaban J connectivity index is 1.70. The number of hydrogen-bond acceptors (Lipinski definition) is 4. The SMILES string of the molecule is CCCCCCCCCN1C(=O)C(C)Oc2ccc(-c3csc(CCC)n3)cc21. The first-order valence-electron chi connectivity index (χ1n) is 11.2. The molecule has 1 amide bonds. The summed E-state index contributed by atoms with van der Waals surface area (Å²) in [5.41, 5.74) is 2.93. The van der Waals surface area contributed by atoms with Gasteiger partial charge in [0.05, 0.1) is 16.4 Å². The van der Waals surface area contributed by atoms with Crippen molar-refractivity contribution < 1.29 is 9.53 Å². The van der Waals surface area contributed by atoms with Gasteiger partial charge in [-0.3, -0.25) is 4.79 Å². The summed E-state index contributed by atoms with van der Waals surface area (Å²) in [6, 6.07) is 6.12. The average Bonchev–Trinajstić information content (AvgIpc) is 3.18. The number of carbonyl (C=O) groups excluding carboxylic acids is 1. The summed E-state index contributed by atoms with van der Waals surface area (Å²) < 4.78 is 5.87. The normalized spacial score (nSPS) is 16.0. The van der Waals surface area contributed by atoms with Crippen LogP contribution in [0.15, 0.2) is 23.6 Å². The van der Waals surface area contributed by atoms with E-state index in [2.05, 4.69) is 31.4 Å². The summed E-state index contributed by atoms with van der Waals surface area (Å²) in [7, 11) is 0. The van der Waals surface area contributed by atoms with E-state index in [9.17, 15) is 4.79 Å². The van der Waals surface area contributed by atoms with E-state index in [1.54, 1.807) is 11.3 Å². The largest absolute Gasteiger partial charge is 0.479 e. The molecule has 0 fully saturated rings. The molecule has 0 aliphatic carbocycles. The minimum atomic E-state index is -0.423. The first kappa shape index (κ1) is 21.8. The highest BCUT2D eigenvalue weighted by Gasteiger charge is 2.31. The van der Waals surface area contributed by atoms with Gasteiger partial charge in [-0.05, 0) is 44.4 Å². The van der Waals surface area contributed by atoms with Crippen molar-refractivity contribution in [3.63, 3.8) is 0 Å². The smallest absolute Gasteiger partial charge is 0.267 e. The van der Waals surface area contributed by atoms with Crippen molar-refractivity contribution in [3.8, 4) is 17.0 Å². The molecule has 4 nitrogen and oxygen atoms in total. The molecule has 0 bridgehead atoms. The van der Waals surface area contributed by atoms with Gasteiger partial charge in [-0.1, -0.05) is 52.4 Å². The molecule has 1 aliphatic rings. The van der Waals surface area contributed by atoms with E-state index in [1.165, 1.54) is 43.5 Å². The summed E-state index contributed by atoms with van der Waals surface area (Å²) >= 11 is 1.71. The second-order valence-corrected chi connectivity index (χ2v) is 8.87. The van der Waals surface area contributed by atoms with E-state index in [0.29, 0.717) is 0 Å². The first-order valence-corrected chi connectivity index (χ1v) is 12.1. The van der Waals surface area contributed by atoms with E-state index in [1.807, 2.05) is 17.9 Å². The van der Waals surface area contributed by atoms with Gasteiger partial charge >= 0.3 is 0 Å². The zero-order valence-electron chi connectivity index (χ0n) is 18.1. The van der Waals surface area contributed by atoms with E-state index >= 15 is 0 Å². The first-order chi connectivity index (χ1) is 14.1. The molecule has 1 unspecified atom stereocenters. The van der Waals surface area contributed by atoms with Crippen LogP contribution in [0, 0.1) is 0 Å². The van der Waals surface area contributed by atoms with Gasteiger partial charge in [0.2, 0.25) is 0 Å². The highest BCUT2D eigenvalue weighted by Crippen LogP contribution is 2.38. The lowest BCUT2D eigenvalue weighted by Crippen LogP contribution is -2.44. The number of carbonyl (C=O) groups is 1. The van der Waals surface area contributed by atoms with Gasteiger partial charge < -0.3 is 9.64 Å². The van der Waals surface area contributed by atoms with Crippen molar-refractivity contribution in [2.45, 2.75) is 84.7 Å². The van der Waals surface area contributed by atoms with Gasteiger partial charge in [0.1, 0.15) is 5.75 Å². The molecule has 0 saturated heterocycles. The molecule has 1 aromatic carbocycles. The third-order valence-electron chi connectivity index (χ3n) is 5.46. The number of hydrogen-bond donors (Lipinski definition) is 0. The number of aromatic nitrogens is 1. The number of benzene rings is 1. The van der Waals surface area contributed by atoms with Crippen LogP contribution in [0.4, 0.5) is 5.69 Å². The minimum Gasteiger partial charge on any atom is -0.479 e. The van der Waals surface area contributed by atoms with Gasteiger partial charge in [-0.2, -0.15) is 0 Å². The number of anilines is 1. The van der Waals surface area contributed by atoms with Crippen LogP contribution in [0.3, 0.4) is 0 Å². The van der Waals surface area contributed by atoms with Gasteiger partial charge in [0.25, 0.3) is 5.91 Å². The Morgan fingerprint density at radius 3 is 2.59 bits per heavy atom. The summed E-state index contributed by atoms with van der Waals surface area (Å²) in [4.78, 5) is 19.5. The molecular weight excluding hydrogens is 380 g/mol. The number of aryl methyl sites for hydroxylation is 1. The lowest BCUT2D eigenvalue weighted by Gasteiger charge is -2.33. The summed E-state index contributed by atoms with van der Waals surface area (Å²) in [6.07, 6.45) is 10.4. The van der Waals surface area contributed by atoms with Crippen molar-refractivity contribution in [2.24, 2.45) is 0 Å². The van der Waals surface area contributed by atoms with Crippen LogP contribution in [0.1, 0.15) is 77.1 Å². The quantitative estimate of drug-likeness (QED) is 0.388. The lowest BCUT2D eigenvalue weighted by atomic mass is 10.1. The average molecular weight is 415 g/mol. The molecule has 2 heterocycles. The van der Waals surface area contributed by atoms with Gasteiger partial charge in [0.15, 0.2) is 6.10 Å². The molecule has 2 aromatic rings. The van der Waals surface area contributed by atoms with Crippen molar-refractivity contribution in [1.82, 2.24) is 4.98 Å². The number of unbranched alkanes of at least 4 members (excludes halogenated alkanes) is 6. The molecule has 1 atom stereocenters. The zero-order chi connectivity index (χ0) is 20.6. The summed E-state index contributed by atoms with van der Waals surface area (Å²) in [5.74, 6) is 0.860. The van der Waals surface area contributed by atoms with Gasteiger partial charge in [-0.25, -0.2) is 4.98 Å². The highest BCUT2D eigenvalue weighted by molar-refractivity contribution is 7.09. The maximum Gasteiger partial charge on any atom is 0.267 e. The number of fused-ring (bicyclic) bond motifs is 1. The maximum absolute atomic E-state index is 12.8. The second kappa shape index (κ2) is 10.8. The number of ether oxygens (including phenoxy) is 1. The van der Waals surface area contributed by atoms with Crippen molar-refractivity contribution in [3.05, 3.63) is 28.6 Å². The fraction of sp³-hybridized carbons (Fsp3) is 0.583. The molecule has 1 aromatic heterocycles. The predicted octanol–water partition coefficient (Wildman–Crippen LogP) is 6.63. The van der Waals surface area contributed by atoms with Crippen LogP contribution in [-0.4, -0.2) is 23.5 Å². The van der Waals surface area contributed by atoms with Crippen LogP contribution in [0.5, 0.6) is 5.75 Å². The van der Waals surface area contributed by atoms with Crippen LogP contribution >= 0.6 is 11.3 Å². The number of rotatable bonds is 11. The molecular formula is C24H34N2O2S. The Hall–Kier alpha value is -1.88. The van der Waals surface area contributed by atoms with Crippen molar-refractivity contribution >= 4 is 22.9 Å². The monoisotopic (exact) mass is 414 g/mol. The Morgan fingerprint density at radius 2 is 1.83 bits per heavy atom. The summed E-state index contributed by atoms with van der Waals surface area (Å²) in [6.45, 7) is 7.02. The molecule has 3 rings (SSSR count). The molecule has 0 N–H and O–H groups in total. The topological polar surface area (TPSA) is 42.4 Å². The Bertz CT molecular complexity index is 802. The molecule has 158 valence electrons. The molecule has 1 aliphatic heterocycles. The Labute approximate surface area is 179 Å². The zero-order valence-corrected chi connectivity index (χ0v) is 18.9. The molecule has 0 radical (unpaired) electrons. The lowest BCUT2D eigenvalue weighted by molar-refractivity contribution is -0.125. The van der Waals surface area contributed by atoms with E-state index in [0.717, 1.165) is 48.5 Å². The van der Waals surface area contributed by atoms with Crippen LogP contribution in [-0.2, 0) is 11.2 Å². The van der Waals surface area contributed by atoms with Crippen molar-refractivity contribution in [2.75, 3.05) is 11.4 Å².